The van der Waals surface area contributed by atoms with E-state index in [2.05, 4.69) is 0 Å². The SMILES string of the molecule is CS(=O)(=O)N[C@@H]1C(=O)C(C(N)=O)=C(O)[C@@]2(O)C(=O)C3=C(O)c4c(O)ccc(C(F)(F)F)c4C[C@H]3C[C@@H]12. The van der Waals surface area contributed by atoms with Crippen molar-refractivity contribution in [3.63, 3.8) is 0 Å². The van der Waals surface area contributed by atoms with Crippen molar-refractivity contribution >= 4 is 33.3 Å². The largest absolute Gasteiger partial charge is 0.508 e. The number of phenols is 1. The second-order valence-electron chi connectivity index (χ2n) is 8.90. The number of alkyl halides is 3. The topological polar surface area (TPSA) is 204 Å². The van der Waals surface area contributed by atoms with Gasteiger partial charge in [-0.05, 0) is 36.5 Å². The molecule has 0 saturated heterocycles. The maximum absolute atomic E-state index is 13.6. The van der Waals surface area contributed by atoms with Gasteiger partial charge in [-0.3, -0.25) is 14.4 Å². The molecule has 1 saturated carbocycles. The van der Waals surface area contributed by atoms with Gasteiger partial charge in [-0.2, -0.15) is 13.2 Å². The van der Waals surface area contributed by atoms with Crippen LogP contribution in [0.25, 0.3) is 5.76 Å². The molecule has 0 aliphatic heterocycles. The van der Waals surface area contributed by atoms with E-state index in [9.17, 15) is 56.4 Å². The molecule has 4 atom stereocenters. The van der Waals surface area contributed by atoms with Crippen molar-refractivity contribution in [2.24, 2.45) is 17.6 Å². The number of rotatable bonds is 3. The van der Waals surface area contributed by atoms with Gasteiger partial charge in [0, 0.05) is 11.5 Å². The molecule has 36 heavy (non-hydrogen) atoms. The van der Waals surface area contributed by atoms with Crippen LogP contribution in [-0.2, 0) is 37.0 Å². The second kappa shape index (κ2) is 7.78. The molecular weight excluding hydrogens is 513 g/mol. The first-order chi connectivity index (χ1) is 16.4. The summed E-state index contributed by atoms with van der Waals surface area (Å²) in [6.07, 6.45) is -5.45. The molecule has 7 N–H and O–H groups in total. The monoisotopic (exact) mass is 532 g/mol. The summed E-state index contributed by atoms with van der Waals surface area (Å²) in [4.78, 5) is 38.3. The minimum Gasteiger partial charge on any atom is -0.508 e. The Morgan fingerprint density at radius 1 is 1.19 bits per heavy atom. The first kappa shape index (κ1) is 25.7. The molecule has 194 valence electrons. The van der Waals surface area contributed by atoms with E-state index in [1.54, 1.807) is 0 Å². The molecule has 11 nitrogen and oxygen atoms in total. The lowest BCUT2D eigenvalue weighted by molar-refractivity contribution is -0.149. The Labute approximate surface area is 200 Å². The molecular formula is C21H19F3N2O9S. The van der Waals surface area contributed by atoms with Crippen LogP contribution in [0, 0.1) is 11.8 Å². The van der Waals surface area contributed by atoms with Crippen LogP contribution in [-0.4, -0.2) is 64.2 Å². The number of halogens is 3. The number of nitrogens with two attached hydrogens (primary N) is 1. The van der Waals surface area contributed by atoms with Crippen LogP contribution in [0.5, 0.6) is 5.75 Å². The van der Waals surface area contributed by atoms with Gasteiger partial charge < -0.3 is 26.2 Å². The fourth-order valence-electron chi connectivity index (χ4n) is 5.31. The number of aliphatic hydroxyl groups excluding tert-OH is 2. The summed E-state index contributed by atoms with van der Waals surface area (Å²) in [5.41, 5.74) is -2.41. The Bertz CT molecular complexity index is 1410. The number of nitrogens with one attached hydrogen (secondary N) is 1. The van der Waals surface area contributed by atoms with Crippen LogP contribution >= 0.6 is 0 Å². The van der Waals surface area contributed by atoms with Crippen molar-refractivity contribution in [1.29, 1.82) is 0 Å². The van der Waals surface area contributed by atoms with Gasteiger partial charge in [-0.15, -0.1) is 0 Å². The van der Waals surface area contributed by atoms with Gasteiger partial charge in [0.25, 0.3) is 5.91 Å². The van der Waals surface area contributed by atoms with Gasteiger partial charge in [0.05, 0.1) is 23.4 Å². The van der Waals surface area contributed by atoms with Crippen molar-refractivity contribution in [1.82, 2.24) is 4.72 Å². The molecule has 0 spiro atoms. The highest BCUT2D eigenvalue weighted by atomic mass is 32.2. The number of amides is 1. The van der Waals surface area contributed by atoms with E-state index < -0.39 is 115 Å². The van der Waals surface area contributed by atoms with Gasteiger partial charge in [-0.25, -0.2) is 13.1 Å². The molecule has 0 unspecified atom stereocenters. The maximum atomic E-state index is 13.6. The van der Waals surface area contributed by atoms with Crippen LogP contribution in [0.4, 0.5) is 13.2 Å². The molecule has 1 aromatic carbocycles. The molecule has 4 rings (SSSR count). The second-order valence-corrected chi connectivity index (χ2v) is 10.7. The Balaban J connectivity index is 2.00. The fraction of sp³-hybridized carbons (Fsp3) is 0.381. The number of ketones is 2. The van der Waals surface area contributed by atoms with E-state index in [1.165, 1.54) is 0 Å². The van der Waals surface area contributed by atoms with Crippen molar-refractivity contribution < 1.29 is 56.4 Å². The number of carbonyl (C=O) groups excluding carboxylic acids is 3. The van der Waals surface area contributed by atoms with E-state index >= 15 is 0 Å². The van der Waals surface area contributed by atoms with E-state index in [-0.39, 0.29) is 0 Å². The number of hydrogen-bond acceptors (Lipinski definition) is 9. The van der Waals surface area contributed by atoms with Crippen LogP contribution in [0.1, 0.15) is 23.1 Å². The van der Waals surface area contributed by atoms with E-state index in [4.69, 9.17) is 5.73 Å². The van der Waals surface area contributed by atoms with Gasteiger partial charge in [0.15, 0.2) is 11.4 Å². The van der Waals surface area contributed by atoms with Gasteiger partial charge in [0.1, 0.15) is 22.8 Å². The average molecular weight is 532 g/mol. The maximum Gasteiger partial charge on any atom is 0.416 e. The Morgan fingerprint density at radius 3 is 2.33 bits per heavy atom. The van der Waals surface area contributed by atoms with Crippen LogP contribution in [0.2, 0.25) is 0 Å². The third kappa shape index (κ3) is 3.57. The predicted molar refractivity (Wildman–Crippen MR) is 114 cm³/mol. The average Bonchev–Trinajstić information content (AvgIpc) is 2.71. The van der Waals surface area contributed by atoms with Gasteiger partial charge in [0.2, 0.25) is 15.8 Å². The Hall–Kier alpha value is -3.43. The third-order valence-electron chi connectivity index (χ3n) is 6.73. The lowest BCUT2D eigenvalue weighted by atomic mass is 9.57. The molecule has 3 aliphatic carbocycles. The number of fused-ring (bicyclic) bond motifs is 3. The first-order valence-electron chi connectivity index (χ1n) is 10.3. The lowest BCUT2D eigenvalue weighted by Gasteiger charge is -2.48. The van der Waals surface area contributed by atoms with Gasteiger partial charge >= 0.3 is 6.18 Å². The number of aromatic hydroxyl groups is 1. The molecule has 1 fully saturated rings. The quantitative estimate of drug-likeness (QED) is 0.289. The molecule has 0 radical (unpaired) electrons. The van der Waals surface area contributed by atoms with E-state index in [0.717, 1.165) is 0 Å². The minimum absolute atomic E-state index is 0.556. The summed E-state index contributed by atoms with van der Waals surface area (Å²) in [6.45, 7) is 0. The molecule has 0 heterocycles. The number of primary amides is 1. The molecule has 3 aliphatic rings. The zero-order chi connectivity index (χ0) is 27.1. The van der Waals surface area contributed by atoms with Crippen LogP contribution < -0.4 is 10.5 Å². The number of aliphatic hydroxyl groups is 3. The summed E-state index contributed by atoms with van der Waals surface area (Å²) < 4.78 is 66.7. The summed E-state index contributed by atoms with van der Waals surface area (Å²) >= 11 is 0. The number of hydrogen-bond donors (Lipinski definition) is 6. The summed E-state index contributed by atoms with van der Waals surface area (Å²) in [6, 6.07) is -0.750. The number of carbonyl (C=O) groups is 3. The van der Waals surface area contributed by atoms with E-state index in [0.29, 0.717) is 18.4 Å². The summed E-state index contributed by atoms with van der Waals surface area (Å²) in [5.74, 6) is -10.9. The van der Waals surface area contributed by atoms with Gasteiger partial charge in [-0.1, -0.05) is 0 Å². The highest BCUT2D eigenvalue weighted by Gasteiger charge is 2.64. The smallest absolute Gasteiger partial charge is 0.416 e. The normalized spacial score (nSPS) is 28.5. The van der Waals surface area contributed by atoms with Crippen molar-refractivity contribution in [2.45, 2.75) is 30.7 Å². The number of sulfonamides is 1. The lowest BCUT2D eigenvalue weighted by Crippen LogP contribution is -2.66. The molecule has 0 bridgehead atoms. The molecule has 1 aromatic rings. The third-order valence-corrected chi connectivity index (χ3v) is 7.41. The summed E-state index contributed by atoms with van der Waals surface area (Å²) in [7, 11) is -4.23. The number of benzene rings is 1. The van der Waals surface area contributed by atoms with Crippen LogP contribution in [0.3, 0.4) is 0 Å². The predicted octanol–water partition coefficient (Wildman–Crippen LogP) is -0.0296. The van der Waals surface area contributed by atoms with Crippen molar-refractivity contribution in [3.05, 3.63) is 45.7 Å². The number of phenolic OH excluding ortho intramolecular Hbond substituents is 1. The molecule has 1 amide bonds. The van der Waals surface area contributed by atoms with E-state index in [1.807, 2.05) is 4.72 Å². The fourth-order valence-corrected chi connectivity index (χ4v) is 6.04. The zero-order valence-corrected chi connectivity index (χ0v) is 19.1. The highest BCUT2D eigenvalue weighted by molar-refractivity contribution is 7.88. The Kier molecular flexibility index (Phi) is 5.55. The highest BCUT2D eigenvalue weighted by Crippen LogP contribution is 2.53. The van der Waals surface area contributed by atoms with Crippen molar-refractivity contribution in [2.75, 3.05) is 6.26 Å². The standard InChI is InChI=1S/C21H19F3N2O9S/c1-36(34,35)26-14-9-5-6-4-7-8(21(22,23)24)2-3-10(27)12(7)15(28)11(6)17(30)20(9,33)18(31)13(16(14)29)19(25)32/h2-3,6,9,14,26-28,31,33H,4-5H2,1H3,(H2,25,32)/t6-,9-,14-,20-/m0/s1. The molecule has 15 heteroatoms. The Morgan fingerprint density at radius 2 is 1.81 bits per heavy atom. The minimum atomic E-state index is -4.91. The van der Waals surface area contributed by atoms with Crippen LogP contribution in [0.15, 0.2) is 29.0 Å². The first-order valence-corrected chi connectivity index (χ1v) is 12.2. The molecule has 0 aromatic heterocycles. The number of Topliss-reactive ketones (excluding diaryl/α,β-unsaturated/α-hetero) is 2. The van der Waals surface area contributed by atoms with Crippen molar-refractivity contribution in [3.8, 4) is 5.75 Å². The zero-order valence-electron chi connectivity index (χ0n) is 18.3. The summed E-state index contributed by atoms with van der Waals surface area (Å²) in [5, 5.41) is 43.0.